The van der Waals surface area contributed by atoms with Crippen LogP contribution in [0, 0.1) is 6.92 Å². The number of aliphatic hydroxyl groups is 1. The van der Waals surface area contributed by atoms with Crippen LogP contribution in [0.5, 0.6) is 0 Å². The van der Waals surface area contributed by atoms with E-state index in [4.69, 9.17) is 23.2 Å². The lowest BCUT2D eigenvalue weighted by Gasteiger charge is -2.26. The highest BCUT2D eigenvalue weighted by Gasteiger charge is 2.27. The summed E-state index contributed by atoms with van der Waals surface area (Å²) in [7, 11) is -3.70. The highest BCUT2D eigenvalue weighted by molar-refractivity contribution is 7.89. The Morgan fingerprint density at radius 2 is 1.95 bits per heavy atom. The smallest absolute Gasteiger partial charge is 0.242 e. The summed E-state index contributed by atoms with van der Waals surface area (Å²) in [5.41, 5.74) is 0.653. The number of sulfonamides is 1. The predicted molar refractivity (Wildman–Crippen MR) is 79.8 cm³/mol. The first-order valence-corrected chi connectivity index (χ1v) is 8.69. The number of benzene rings is 1. The van der Waals surface area contributed by atoms with Crippen molar-refractivity contribution >= 4 is 33.2 Å². The van der Waals surface area contributed by atoms with Crippen LogP contribution in [0.25, 0.3) is 0 Å². The first-order valence-electron chi connectivity index (χ1n) is 6.45. The molecule has 0 aliphatic heterocycles. The first-order chi connectivity index (χ1) is 9.29. The number of halogens is 2. The van der Waals surface area contributed by atoms with Gasteiger partial charge < -0.3 is 5.11 Å². The highest BCUT2D eigenvalue weighted by atomic mass is 35.5. The molecule has 1 aromatic rings. The average molecular weight is 338 g/mol. The van der Waals surface area contributed by atoms with E-state index >= 15 is 0 Å². The third kappa shape index (κ3) is 3.65. The Labute approximate surface area is 129 Å². The van der Waals surface area contributed by atoms with E-state index in [-0.39, 0.29) is 16.0 Å². The second-order valence-corrected chi connectivity index (χ2v) is 7.67. The second kappa shape index (κ2) is 6.20. The summed E-state index contributed by atoms with van der Waals surface area (Å²) in [6, 6.07) is 2.64. The molecule has 0 spiro atoms. The Bertz CT molecular complexity index is 604. The fourth-order valence-corrected chi connectivity index (χ4v) is 4.51. The van der Waals surface area contributed by atoms with Crippen LogP contribution in [0.3, 0.4) is 0 Å². The van der Waals surface area contributed by atoms with E-state index in [1.807, 2.05) is 0 Å². The topological polar surface area (TPSA) is 66.4 Å². The van der Waals surface area contributed by atoms with Crippen molar-refractivity contribution in [2.45, 2.75) is 49.6 Å². The van der Waals surface area contributed by atoms with Crippen LogP contribution < -0.4 is 4.72 Å². The molecule has 0 bridgehead atoms. The Morgan fingerprint density at radius 3 is 2.60 bits per heavy atom. The molecule has 0 aromatic heterocycles. The molecule has 1 saturated carbocycles. The lowest BCUT2D eigenvalue weighted by molar-refractivity contribution is 0.117. The largest absolute Gasteiger partial charge is 0.393 e. The summed E-state index contributed by atoms with van der Waals surface area (Å²) in [6.45, 7) is 1.72. The number of aryl methyl sites for hydroxylation is 1. The highest BCUT2D eigenvalue weighted by Crippen LogP contribution is 2.29. The van der Waals surface area contributed by atoms with E-state index in [1.54, 1.807) is 6.92 Å². The standard InChI is InChI=1S/C13H17Cl2NO3S/c1-8-5-13(12(15)7-11(8)14)20(18,19)16-9-3-2-4-10(17)6-9/h5,7,9-10,16-17H,2-4,6H2,1H3/t9-,10-/m0/s1. The minimum absolute atomic E-state index is 0.0288. The van der Waals surface area contributed by atoms with E-state index in [0.717, 1.165) is 19.3 Å². The molecule has 20 heavy (non-hydrogen) atoms. The van der Waals surface area contributed by atoms with Gasteiger partial charge >= 0.3 is 0 Å². The zero-order valence-corrected chi connectivity index (χ0v) is 13.4. The fraction of sp³-hybridized carbons (Fsp3) is 0.538. The number of rotatable bonds is 3. The Balaban J connectivity index is 2.24. The van der Waals surface area contributed by atoms with Gasteiger partial charge in [0.1, 0.15) is 4.90 Å². The molecule has 2 N–H and O–H groups in total. The third-order valence-corrected chi connectivity index (χ3v) is 5.86. The maximum atomic E-state index is 12.4. The van der Waals surface area contributed by atoms with Crippen molar-refractivity contribution in [3.05, 3.63) is 27.7 Å². The van der Waals surface area contributed by atoms with E-state index in [1.165, 1.54) is 12.1 Å². The molecule has 1 aromatic carbocycles. The number of hydrogen-bond acceptors (Lipinski definition) is 3. The average Bonchev–Trinajstić information content (AvgIpc) is 2.33. The van der Waals surface area contributed by atoms with Crippen LogP contribution >= 0.6 is 23.2 Å². The Kier molecular flexibility index (Phi) is 4.97. The third-order valence-electron chi connectivity index (χ3n) is 3.47. The van der Waals surface area contributed by atoms with Gasteiger partial charge in [0.15, 0.2) is 0 Å². The van der Waals surface area contributed by atoms with Crippen molar-refractivity contribution in [2.24, 2.45) is 0 Å². The van der Waals surface area contributed by atoms with Crippen molar-refractivity contribution in [1.82, 2.24) is 4.72 Å². The molecule has 112 valence electrons. The van der Waals surface area contributed by atoms with Gasteiger partial charge in [-0.25, -0.2) is 13.1 Å². The van der Waals surface area contributed by atoms with Gasteiger partial charge in [-0.3, -0.25) is 0 Å². The van der Waals surface area contributed by atoms with Gasteiger partial charge in [0.25, 0.3) is 0 Å². The van der Waals surface area contributed by atoms with Crippen LogP contribution in [-0.2, 0) is 10.0 Å². The van der Waals surface area contributed by atoms with Crippen LogP contribution in [0.4, 0.5) is 0 Å². The van der Waals surface area contributed by atoms with Crippen molar-refractivity contribution in [3.8, 4) is 0 Å². The lowest BCUT2D eigenvalue weighted by Crippen LogP contribution is -2.39. The zero-order chi connectivity index (χ0) is 14.9. The molecule has 1 aliphatic carbocycles. The molecule has 2 atom stereocenters. The van der Waals surface area contributed by atoms with E-state index < -0.39 is 16.1 Å². The molecule has 0 saturated heterocycles. The van der Waals surface area contributed by atoms with E-state index in [2.05, 4.69) is 4.72 Å². The maximum absolute atomic E-state index is 12.4. The predicted octanol–water partition coefficient (Wildman–Crippen LogP) is 2.88. The van der Waals surface area contributed by atoms with Gasteiger partial charge in [0, 0.05) is 11.1 Å². The molecule has 0 heterocycles. The summed E-state index contributed by atoms with van der Waals surface area (Å²) in [6.07, 6.45) is 2.24. The molecular formula is C13H17Cl2NO3S. The molecule has 0 unspecified atom stereocenters. The van der Waals surface area contributed by atoms with Crippen molar-refractivity contribution in [2.75, 3.05) is 0 Å². The number of aliphatic hydroxyl groups excluding tert-OH is 1. The number of nitrogens with one attached hydrogen (secondary N) is 1. The fourth-order valence-electron chi connectivity index (χ4n) is 2.39. The molecule has 2 rings (SSSR count). The van der Waals surface area contributed by atoms with Gasteiger partial charge in [-0.1, -0.05) is 23.2 Å². The quantitative estimate of drug-likeness (QED) is 0.891. The van der Waals surface area contributed by atoms with Gasteiger partial charge in [0.2, 0.25) is 10.0 Å². The summed E-state index contributed by atoms with van der Waals surface area (Å²) in [5, 5.41) is 10.1. The van der Waals surface area contributed by atoms with Crippen molar-refractivity contribution in [3.63, 3.8) is 0 Å². The van der Waals surface area contributed by atoms with Crippen molar-refractivity contribution in [1.29, 1.82) is 0 Å². The molecule has 4 nitrogen and oxygen atoms in total. The molecule has 0 radical (unpaired) electrons. The SMILES string of the molecule is Cc1cc(S(=O)(=O)N[C@H]2CCC[C@H](O)C2)c(Cl)cc1Cl. The van der Waals surface area contributed by atoms with Gasteiger partial charge in [0.05, 0.1) is 11.1 Å². The molecular weight excluding hydrogens is 321 g/mol. The molecule has 1 aliphatic rings. The van der Waals surface area contributed by atoms with Crippen LogP contribution in [0.2, 0.25) is 10.0 Å². The summed E-state index contributed by atoms with van der Waals surface area (Å²) in [5.74, 6) is 0. The van der Waals surface area contributed by atoms with Crippen molar-refractivity contribution < 1.29 is 13.5 Å². The Hall–Kier alpha value is -0.330. The minimum Gasteiger partial charge on any atom is -0.393 e. The monoisotopic (exact) mass is 337 g/mol. The van der Waals surface area contributed by atoms with E-state index in [0.29, 0.717) is 17.0 Å². The van der Waals surface area contributed by atoms with Crippen LogP contribution in [-0.4, -0.2) is 25.7 Å². The van der Waals surface area contributed by atoms with Crippen LogP contribution in [0.15, 0.2) is 17.0 Å². The van der Waals surface area contributed by atoms with Crippen LogP contribution in [0.1, 0.15) is 31.2 Å². The number of hydrogen-bond donors (Lipinski definition) is 2. The molecule has 1 fully saturated rings. The maximum Gasteiger partial charge on any atom is 0.242 e. The van der Waals surface area contributed by atoms with Gasteiger partial charge in [-0.2, -0.15) is 0 Å². The minimum atomic E-state index is -3.70. The van der Waals surface area contributed by atoms with E-state index in [9.17, 15) is 13.5 Å². The van der Waals surface area contributed by atoms with Gasteiger partial charge in [-0.05, 0) is 50.3 Å². The lowest BCUT2D eigenvalue weighted by atomic mass is 9.94. The summed E-state index contributed by atoms with van der Waals surface area (Å²) in [4.78, 5) is 0.0288. The second-order valence-electron chi connectivity index (χ2n) is 5.17. The summed E-state index contributed by atoms with van der Waals surface area (Å²) >= 11 is 11.9. The van der Waals surface area contributed by atoms with Gasteiger partial charge in [-0.15, -0.1) is 0 Å². The first kappa shape index (κ1) is 16.0. The Morgan fingerprint density at radius 1 is 1.25 bits per heavy atom. The molecule has 7 heteroatoms. The summed E-state index contributed by atoms with van der Waals surface area (Å²) < 4.78 is 27.4. The normalized spacial score (nSPS) is 23.8. The molecule has 0 amide bonds. The zero-order valence-electron chi connectivity index (χ0n) is 11.1.